The molecule has 0 radical (unpaired) electrons. The molecule has 0 aromatic heterocycles. The van der Waals surface area contributed by atoms with Crippen LogP contribution in [0.1, 0.15) is 20.3 Å². The van der Waals surface area contributed by atoms with Gasteiger partial charge in [0.05, 0.1) is 58.5 Å². The summed E-state index contributed by atoms with van der Waals surface area (Å²) in [4.78, 5) is 22.2. The number of carbonyl (C=O) groups is 1. The zero-order valence-corrected chi connectivity index (χ0v) is 26.9. The molecule has 0 saturated carbocycles. The van der Waals surface area contributed by atoms with E-state index >= 15 is 0 Å². The van der Waals surface area contributed by atoms with Crippen molar-refractivity contribution < 1.29 is 86.7 Å². The van der Waals surface area contributed by atoms with E-state index in [9.17, 15) is 39.8 Å². The van der Waals surface area contributed by atoms with Gasteiger partial charge in [0.15, 0.2) is 18.9 Å². The number of phosphoric ester groups is 1. The Bertz CT molecular complexity index is 1030. The first-order valence-electron chi connectivity index (χ1n) is 15.4. The number of fused-ring (bicyclic) bond motifs is 1. The molecule has 15 atom stereocenters. The number of hydrogen-bond donors (Lipinski definition) is 8. The molecule has 0 aliphatic carbocycles. The van der Waals surface area contributed by atoms with Gasteiger partial charge in [0.2, 0.25) is 5.91 Å². The third-order valence-corrected chi connectivity index (χ3v) is 8.90. The molecule has 9 N–H and O–H groups in total. The van der Waals surface area contributed by atoms with Crippen LogP contribution in [0.2, 0.25) is 0 Å². The molecule has 0 aromatic carbocycles. The highest BCUT2D eigenvalue weighted by atomic mass is 31.2. The van der Waals surface area contributed by atoms with Gasteiger partial charge in [-0.2, -0.15) is 0 Å². The molecule has 1 unspecified atom stereocenters. The molecule has 21 heteroatoms. The van der Waals surface area contributed by atoms with Gasteiger partial charge in [-0.25, -0.2) is 4.57 Å². The summed E-state index contributed by atoms with van der Waals surface area (Å²) < 4.78 is 68.0. The summed E-state index contributed by atoms with van der Waals surface area (Å²) in [5, 5.41) is 55.9. The molecule has 4 saturated heterocycles. The zero-order valence-electron chi connectivity index (χ0n) is 26.1. The molecule has 1 amide bonds. The van der Waals surface area contributed by atoms with Crippen LogP contribution in [-0.2, 0) is 56.3 Å². The van der Waals surface area contributed by atoms with E-state index in [1.807, 2.05) is 0 Å². The first kappa shape index (κ1) is 38.8. The van der Waals surface area contributed by atoms with Crippen molar-refractivity contribution in [1.29, 1.82) is 0 Å². The maximum Gasteiger partial charge on any atom is 0.472 e. The lowest BCUT2D eigenvalue weighted by Gasteiger charge is -2.50. The van der Waals surface area contributed by atoms with Crippen LogP contribution in [0.4, 0.5) is 0 Å². The standard InChI is InChI=1S/C26H47N2O18P/c1-12-14(31)9-15(32)24(41-12)45-23-20(34)21-17(11-40-47(35,36)46-21)43-26(23)44-22-18(28-13(2)30)25(42-16(10-29)19(22)33)39-8-7-38-6-5-37-4-3-27/h12,14-26,29,31-34H,3-11,27H2,1-2H3,(H,28,30)(H,35,36)/t12-,14-,15-,16+,17+,18+,19+,20-,21-,22+,23+,24-,25+,26-/m0/s1. The van der Waals surface area contributed by atoms with Crippen LogP contribution in [-0.4, -0.2) is 175 Å². The Balaban J connectivity index is 1.54. The van der Waals surface area contributed by atoms with Crippen LogP contribution in [0.3, 0.4) is 0 Å². The minimum atomic E-state index is -4.57. The topological polar surface area (TPSA) is 286 Å². The maximum absolute atomic E-state index is 12.3. The summed E-state index contributed by atoms with van der Waals surface area (Å²) in [5.41, 5.74) is 5.38. The molecule has 0 aromatic rings. The summed E-state index contributed by atoms with van der Waals surface area (Å²) in [6.45, 7) is 2.96. The Labute approximate surface area is 270 Å². The highest BCUT2D eigenvalue weighted by Crippen LogP contribution is 2.51. The molecular weight excluding hydrogens is 659 g/mol. The highest BCUT2D eigenvalue weighted by molar-refractivity contribution is 7.47. The van der Waals surface area contributed by atoms with E-state index in [1.165, 1.54) is 6.92 Å². The van der Waals surface area contributed by atoms with E-state index in [4.69, 9.17) is 52.7 Å². The molecule has 47 heavy (non-hydrogen) atoms. The quantitative estimate of drug-likeness (QED) is 0.0592. The lowest BCUT2D eigenvalue weighted by atomic mass is 9.95. The third kappa shape index (κ3) is 10.3. The molecule has 4 aliphatic rings. The van der Waals surface area contributed by atoms with E-state index in [2.05, 4.69) is 5.32 Å². The van der Waals surface area contributed by atoms with Gasteiger partial charge in [0.25, 0.3) is 0 Å². The van der Waals surface area contributed by atoms with Crippen molar-refractivity contribution in [2.24, 2.45) is 5.73 Å². The summed E-state index contributed by atoms with van der Waals surface area (Å²) >= 11 is 0. The Hall–Kier alpha value is -0.980. The van der Waals surface area contributed by atoms with Crippen LogP contribution in [0.15, 0.2) is 0 Å². The minimum absolute atomic E-state index is 0.0381. The lowest BCUT2D eigenvalue weighted by Crippen LogP contribution is -2.69. The minimum Gasteiger partial charge on any atom is -0.394 e. The van der Waals surface area contributed by atoms with Crippen LogP contribution in [0, 0.1) is 0 Å². The summed E-state index contributed by atoms with van der Waals surface area (Å²) in [7, 11) is -4.57. The zero-order chi connectivity index (χ0) is 34.3. The molecule has 4 aliphatic heterocycles. The van der Waals surface area contributed by atoms with Gasteiger partial charge in [-0.3, -0.25) is 13.8 Å². The van der Waals surface area contributed by atoms with Crippen molar-refractivity contribution in [1.82, 2.24) is 5.32 Å². The van der Waals surface area contributed by atoms with Gasteiger partial charge in [0, 0.05) is 19.9 Å². The predicted octanol–water partition coefficient (Wildman–Crippen LogP) is -4.19. The van der Waals surface area contributed by atoms with Crippen LogP contribution in [0.25, 0.3) is 0 Å². The van der Waals surface area contributed by atoms with Crippen molar-refractivity contribution in [3.05, 3.63) is 0 Å². The number of rotatable bonds is 15. The smallest absolute Gasteiger partial charge is 0.394 e. The second-order valence-corrected chi connectivity index (χ2v) is 12.9. The average molecular weight is 707 g/mol. The van der Waals surface area contributed by atoms with Gasteiger partial charge < -0.3 is 79.4 Å². The number of aliphatic hydroxyl groups is 5. The second kappa shape index (κ2) is 17.8. The highest BCUT2D eigenvalue weighted by Gasteiger charge is 2.57. The summed E-state index contributed by atoms with van der Waals surface area (Å²) in [5.74, 6) is -0.555. The Morgan fingerprint density at radius 3 is 2.28 bits per heavy atom. The molecule has 4 rings (SSSR count). The summed E-state index contributed by atoms with van der Waals surface area (Å²) in [6, 6.07) is -1.22. The maximum atomic E-state index is 12.3. The molecular formula is C26H47N2O18P. The van der Waals surface area contributed by atoms with E-state index in [0.29, 0.717) is 19.8 Å². The summed E-state index contributed by atoms with van der Waals surface area (Å²) in [6.07, 6.45) is -17.9. The fourth-order valence-corrected chi connectivity index (χ4v) is 6.49. The predicted molar refractivity (Wildman–Crippen MR) is 152 cm³/mol. The number of ether oxygens (including phenoxy) is 8. The largest absolute Gasteiger partial charge is 0.472 e. The third-order valence-electron chi connectivity index (χ3n) is 7.91. The molecule has 0 bridgehead atoms. The number of aliphatic hydroxyl groups excluding tert-OH is 5. The van der Waals surface area contributed by atoms with Gasteiger partial charge in [-0.1, -0.05) is 0 Å². The Kier molecular flexibility index (Phi) is 14.7. The molecule has 4 heterocycles. The molecule has 4 fully saturated rings. The molecule has 274 valence electrons. The fourth-order valence-electron chi connectivity index (χ4n) is 5.53. The van der Waals surface area contributed by atoms with Crippen LogP contribution >= 0.6 is 7.82 Å². The van der Waals surface area contributed by atoms with Gasteiger partial charge >= 0.3 is 7.82 Å². The van der Waals surface area contributed by atoms with Crippen molar-refractivity contribution in [2.75, 3.05) is 52.8 Å². The van der Waals surface area contributed by atoms with E-state index in [-0.39, 0.29) is 26.2 Å². The van der Waals surface area contributed by atoms with Gasteiger partial charge in [-0.15, -0.1) is 0 Å². The number of carbonyl (C=O) groups excluding carboxylic acids is 1. The molecule has 0 spiro atoms. The van der Waals surface area contributed by atoms with Crippen molar-refractivity contribution >= 4 is 13.7 Å². The first-order chi connectivity index (χ1) is 22.3. The Morgan fingerprint density at radius 1 is 0.915 bits per heavy atom. The van der Waals surface area contributed by atoms with Gasteiger partial charge in [0.1, 0.15) is 54.9 Å². The number of phosphoric acid groups is 1. The van der Waals surface area contributed by atoms with E-state index in [1.54, 1.807) is 6.92 Å². The SMILES string of the molecule is CC(=O)N[C@H]1[C@H](OCCOCCOCCN)O[C@H](CO)[C@@H](O)[C@@H]1O[C@@H]1O[C@@H]2COP(=O)(O)O[C@@H]2[C@H](O)[C@H]1O[C@@H]1O[C@@H](C)[C@@H](O)C[C@@H]1O. The van der Waals surface area contributed by atoms with E-state index < -0.39 is 113 Å². The molecule has 20 nitrogen and oxygen atoms in total. The number of amides is 1. The van der Waals surface area contributed by atoms with Gasteiger partial charge in [-0.05, 0) is 6.92 Å². The van der Waals surface area contributed by atoms with E-state index in [0.717, 1.165) is 0 Å². The van der Waals surface area contributed by atoms with Crippen molar-refractivity contribution in [3.63, 3.8) is 0 Å². The lowest BCUT2D eigenvalue weighted by molar-refractivity contribution is -0.376. The van der Waals surface area contributed by atoms with Crippen molar-refractivity contribution in [2.45, 2.75) is 106 Å². The second-order valence-electron chi connectivity index (χ2n) is 11.5. The van der Waals surface area contributed by atoms with Crippen LogP contribution < -0.4 is 11.1 Å². The first-order valence-corrected chi connectivity index (χ1v) is 16.8. The van der Waals surface area contributed by atoms with Crippen molar-refractivity contribution in [3.8, 4) is 0 Å². The number of hydrogen-bond acceptors (Lipinski definition) is 18. The normalized spacial score (nSPS) is 44.1. The average Bonchev–Trinajstić information content (AvgIpc) is 3.01. The monoisotopic (exact) mass is 706 g/mol. The Morgan fingerprint density at radius 2 is 1.60 bits per heavy atom. The fraction of sp³-hybridized carbons (Fsp3) is 0.962. The van der Waals surface area contributed by atoms with Crippen LogP contribution in [0.5, 0.6) is 0 Å². The number of nitrogens with one attached hydrogen (secondary N) is 1. The number of nitrogens with two attached hydrogens (primary N) is 1.